The van der Waals surface area contributed by atoms with Crippen molar-refractivity contribution in [3.63, 3.8) is 0 Å². The van der Waals surface area contributed by atoms with Crippen molar-refractivity contribution < 1.29 is 9.90 Å². The maximum atomic E-state index is 11.2. The highest BCUT2D eigenvalue weighted by Gasteiger charge is 2.29. The minimum Gasteiger partial charge on any atom is -0.481 e. The van der Waals surface area contributed by atoms with Crippen molar-refractivity contribution in [3.05, 3.63) is 34.0 Å². The van der Waals surface area contributed by atoms with Crippen LogP contribution < -0.4 is 0 Å². The van der Waals surface area contributed by atoms with E-state index < -0.39 is 11.9 Å². The lowest BCUT2D eigenvalue weighted by Gasteiger charge is -2.17. The summed E-state index contributed by atoms with van der Waals surface area (Å²) in [6.07, 6.45) is 2.20. The van der Waals surface area contributed by atoms with Crippen LogP contribution in [-0.4, -0.2) is 25.8 Å². The van der Waals surface area contributed by atoms with Gasteiger partial charge in [-0.1, -0.05) is 6.07 Å². The van der Waals surface area contributed by atoms with Gasteiger partial charge in [0.15, 0.2) is 5.82 Å². The van der Waals surface area contributed by atoms with Gasteiger partial charge in [-0.2, -0.15) is 5.10 Å². The number of hydrogen-bond acceptors (Lipinski definition) is 4. The number of aliphatic carboxylic acids is 1. The highest BCUT2D eigenvalue weighted by atomic mass is 32.1. The molecule has 0 aliphatic carbocycles. The van der Waals surface area contributed by atoms with E-state index in [9.17, 15) is 9.90 Å². The number of fused-ring (bicyclic) bond motifs is 1. The summed E-state index contributed by atoms with van der Waals surface area (Å²) in [5.74, 6) is 0.0373. The van der Waals surface area contributed by atoms with E-state index in [4.69, 9.17) is 0 Å². The fourth-order valence-electron chi connectivity index (χ4n) is 2.28. The Balaban J connectivity index is 1.89. The molecule has 2 aromatic rings. The molecule has 2 aromatic heterocycles. The summed E-state index contributed by atoms with van der Waals surface area (Å²) in [5, 5.41) is 15.6. The first-order valence-electron chi connectivity index (χ1n) is 5.93. The Hall–Kier alpha value is -1.69. The van der Waals surface area contributed by atoms with Gasteiger partial charge in [0.25, 0.3) is 0 Å². The monoisotopic (exact) mass is 263 g/mol. The molecule has 1 unspecified atom stereocenters. The molecule has 1 N–H and O–H groups in total. The van der Waals surface area contributed by atoms with E-state index >= 15 is 0 Å². The summed E-state index contributed by atoms with van der Waals surface area (Å²) in [6, 6.07) is 4.04. The smallest absolute Gasteiger partial charge is 0.314 e. The van der Waals surface area contributed by atoms with Gasteiger partial charge < -0.3 is 5.11 Å². The van der Waals surface area contributed by atoms with E-state index in [0.717, 1.165) is 18.8 Å². The predicted molar refractivity (Wildman–Crippen MR) is 66.8 cm³/mol. The molecule has 1 aliphatic rings. The van der Waals surface area contributed by atoms with Crippen molar-refractivity contribution in [1.82, 2.24) is 14.8 Å². The summed E-state index contributed by atoms with van der Waals surface area (Å²) in [6.45, 7) is 0.774. The number of carbonyl (C=O) groups is 1. The van der Waals surface area contributed by atoms with Crippen LogP contribution in [0.5, 0.6) is 0 Å². The molecule has 18 heavy (non-hydrogen) atoms. The van der Waals surface area contributed by atoms with Crippen LogP contribution in [0.15, 0.2) is 17.5 Å². The number of hydrogen-bond donors (Lipinski definition) is 1. The second kappa shape index (κ2) is 4.53. The first-order valence-corrected chi connectivity index (χ1v) is 6.81. The summed E-state index contributed by atoms with van der Waals surface area (Å²) < 4.78 is 1.76. The zero-order chi connectivity index (χ0) is 12.5. The third kappa shape index (κ3) is 2.03. The Bertz CT molecular complexity index is 562. The summed E-state index contributed by atoms with van der Waals surface area (Å²) in [5.41, 5.74) is 0. The standard InChI is InChI=1S/C12H13N3O2S/c16-12(17)9-4-1-5-15-11(9)13-10(14-15)7-8-3-2-6-18-8/h2-3,6,9H,1,4-5,7H2,(H,16,17). The Morgan fingerprint density at radius 2 is 2.50 bits per heavy atom. The molecule has 0 spiro atoms. The quantitative estimate of drug-likeness (QED) is 0.918. The zero-order valence-corrected chi connectivity index (χ0v) is 10.6. The highest BCUT2D eigenvalue weighted by molar-refractivity contribution is 7.09. The van der Waals surface area contributed by atoms with Crippen LogP contribution in [0.3, 0.4) is 0 Å². The fraction of sp³-hybridized carbons (Fsp3) is 0.417. The van der Waals surface area contributed by atoms with Gasteiger partial charge in [-0.15, -0.1) is 11.3 Å². The normalized spacial score (nSPS) is 18.6. The second-order valence-corrected chi connectivity index (χ2v) is 5.43. The lowest BCUT2D eigenvalue weighted by atomic mass is 10.00. The molecular weight excluding hydrogens is 250 g/mol. The van der Waals surface area contributed by atoms with Crippen molar-refractivity contribution in [2.45, 2.75) is 31.7 Å². The molecule has 0 amide bonds. The molecule has 0 saturated heterocycles. The van der Waals surface area contributed by atoms with Crippen molar-refractivity contribution in [2.75, 3.05) is 0 Å². The molecule has 3 heterocycles. The van der Waals surface area contributed by atoms with Gasteiger partial charge in [-0.25, -0.2) is 9.67 Å². The Morgan fingerprint density at radius 1 is 1.61 bits per heavy atom. The fourth-order valence-corrected chi connectivity index (χ4v) is 2.98. The first-order chi connectivity index (χ1) is 8.74. The van der Waals surface area contributed by atoms with Gasteiger partial charge in [0, 0.05) is 17.8 Å². The summed E-state index contributed by atoms with van der Waals surface area (Å²) in [7, 11) is 0. The lowest BCUT2D eigenvalue weighted by molar-refractivity contribution is -0.139. The number of aryl methyl sites for hydroxylation is 1. The van der Waals surface area contributed by atoms with Crippen molar-refractivity contribution in [1.29, 1.82) is 0 Å². The SMILES string of the molecule is O=C(O)C1CCCn2nc(Cc3cccs3)nc21. The summed E-state index contributed by atoms with van der Waals surface area (Å²) >= 11 is 1.67. The highest BCUT2D eigenvalue weighted by Crippen LogP contribution is 2.26. The molecular formula is C12H13N3O2S. The van der Waals surface area contributed by atoms with Gasteiger partial charge in [-0.05, 0) is 24.3 Å². The molecule has 3 rings (SSSR count). The van der Waals surface area contributed by atoms with E-state index in [1.54, 1.807) is 16.0 Å². The number of nitrogens with zero attached hydrogens (tertiary/aromatic N) is 3. The van der Waals surface area contributed by atoms with Crippen molar-refractivity contribution in [2.24, 2.45) is 0 Å². The van der Waals surface area contributed by atoms with Crippen molar-refractivity contribution in [3.8, 4) is 0 Å². The van der Waals surface area contributed by atoms with Crippen LogP contribution in [0, 0.1) is 0 Å². The third-order valence-corrected chi connectivity index (χ3v) is 4.01. The van der Waals surface area contributed by atoms with Gasteiger partial charge in [-0.3, -0.25) is 4.79 Å². The van der Waals surface area contributed by atoms with Crippen LogP contribution in [0.2, 0.25) is 0 Å². The Morgan fingerprint density at radius 3 is 3.22 bits per heavy atom. The molecule has 6 heteroatoms. The predicted octanol–water partition coefficient (Wildman–Crippen LogP) is 1.89. The van der Waals surface area contributed by atoms with Crippen LogP contribution in [0.1, 0.15) is 35.3 Å². The van der Waals surface area contributed by atoms with E-state index in [-0.39, 0.29) is 0 Å². The van der Waals surface area contributed by atoms with Crippen molar-refractivity contribution >= 4 is 17.3 Å². The van der Waals surface area contributed by atoms with Crippen LogP contribution >= 0.6 is 11.3 Å². The summed E-state index contributed by atoms with van der Waals surface area (Å²) in [4.78, 5) is 16.8. The van der Waals surface area contributed by atoms with Crippen LogP contribution in [0.4, 0.5) is 0 Å². The van der Waals surface area contributed by atoms with Crippen LogP contribution in [-0.2, 0) is 17.8 Å². The molecule has 0 saturated carbocycles. The average molecular weight is 263 g/mol. The molecule has 94 valence electrons. The number of rotatable bonds is 3. The molecule has 0 fully saturated rings. The molecule has 0 bridgehead atoms. The van der Waals surface area contributed by atoms with Crippen LogP contribution in [0.25, 0.3) is 0 Å². The number of aromatic nitrogens is 3. The number of thiophene rings is 1. The van der Waals surface area contributed by atoms with Gasteiger partial charge >= 0.3 is 5.97 Å². The van der Waals surface area contributed by atoms with E-state index in [1.807, 2.05) is 17.5 Å². The molecule has 5 nitrogen and oxygen atoms in total. The minimum atomic E-state index is -0.800. The number of carboxylic acids is 1. The van der Waals surface area contributed by atoms with E-state index in [0.29, 0.717) is 18.7 Å². The average Bonchev–Trinajstić information content (AvgIpc) is 2.96. The van der Waals surface area contributed by atoms with Gasteiger partial charge in [0.05, 0.1) is 0 Å². The molecule has 0 radical (unpaired) electrons. The topological polar surface area (TPSA) is 68.0 Å². The molecule has 0 aromatic carbocycles. The zero-order valence-electron chi connectivity index (χ0n) is 9.74. The first kappa shape index (κ1) is 11.4. The minimum absolute atomic E-state index is 0.497. The lowest BCUT2D eigenvalue weighted by Crippen LogP contribution is -2.22. The van der Waals surface area contributed by atoms with E-state index in [1.165, 1.54) is 4.88 Å². The third-order valence-electron chi connectivity index (χ3n) is 3.13. The maximum Gasteiger partial charge on any atom is 0.314 e. The Kier molecular flexibility index (Phi) is 2.87. The van der Waals surface area contributed by atoms with Gasteiger partial charge in [0.1, 0.15) is 11.7 Å². The maximum absolute atomic E-state index is 11.2. The van der Waals surface area contributed by atoms with Gasteiger partial charge in [0.2, 0.25) is 0 Å². The number of carboxylic acid groups (broad SMARTS) is 1. The molecule has 1 aliphatic heterocycles. The second-order valence-electron chi connectivity index (χ2n) is 4.40. The largest absolute Gasteiger partial charge is 0.481 e. The van der Waals surface area contributed by atoms with E-state index in [2.05, 4.69) is 10.1 Å². The molecule has 1 atom stereocenters. The Labute approximate surface area is 108 Å².